The number of amides is 2. The van der Waals surface area contributed by atoms with Crippen molar-refractivity contribution in [3.8, 4) is 17.3 Å². The third kappa shape index (κ3) is 5.05. The number of rotatable bonds is 6. The molecule has 0 atom stereocenters. The Hall–Kier alpha value is -4.20. The average Bonchev–Trinajstić information content (AvgIpc) is 3.19. The van der Waals surface area contributed by atoms with Crippen molar-refractivity contribution in [1.29, 1.82) is 0 Å². The van der Waals surface area contributed by atoms with Crippen LogP contribution in [0.4, 0.5) is 14.9 Å². The number of ether oxygens (including phenoxy) is 1. The molecule has 0 aliphatic carbocycles. The summed E-state index contributed by atoms with van der Waals surface area (Å²) in [5.74, 6) is 0.222. The van der Waals surface area contributed by atoms with Gasteiger partial charge in [-0.2, -0.15) is 5.10 Å². The smallest absolute Gasteiger partial charge is 0.319 e. The largest absolute Gasteiger partial charge is 0.439 e. The lowest BCUT2D eigenvalue weighted by Gasteiger charge is -2.12. The number of nitrogens with one attached hydrogen (secondary N) is 2. The van der Waals surface area contributed by atoms with Gasteiger partial charge in [0.2, 0.25) is 5.88 Å². The van der Waals surface area contributed by atoms with Gasteiger partial charge in [-0.3, -0.25) is 0 Å². The molecule has 156 valence electrons. The summed E-state index contributed by atoms with van der Waals surface area (Å²) in [6, 6.07) is 18.2. The number of hydrogen-bond acceptors (Lipinski definition) is 4. The molecule has 2 heterocycles. The molecule has 0 unspecified atom stereocenters. The van der Waals surface area contributed by atoms with Crippen LogP contribution < -0.4 is 15.4 Å². The van der Waals surface area contributed by atoms with Gasteiger partial charge in [0.25, 0.3) is 0 Å². The number of aryl methyl sites for hydroxylation is 1. The predicted molar refractivity (Wildman–Crippen MR) is 115 cm³/mol. The summed E-state index contributed by atoms with van der Waals surface area (Å²) in [6.45, 7) is 2.14. The van der Waals surface area contributed by atoms with E-state index in [2.05, 4.69) is 20.7 Å². The second kappa shape index (κ2) is 9.08. The Morgan fingerprint density at radius 3 is 2.74 bits per heavy atom. The number of halogens is 1. The lowest BCUT2D eigenvalue weighted by atomic mass is 10.2. The van der Waals surface area contributed by atoms with Gasteiger partial charge < -0.3 is 15.4 Å². The SMILES string of the molecule is Cc1ccnn1-c1cccc(NC(=O)NCc2cccnc2Oc2cccc(F)c2)c1. The van der Waals surface area contributed by atoms with Crippen molar-refractivity contribution in [3.63, 3.8) is 0 Å². The van der Waals surface area contributed by atoms with E-state index in [1.807, 2.05) is 31.2 Å². The first-order chi connectivity index (χ1) is 15.1. The number of hydrogen-bond donors (Lipinski definition) is 2. The summed E-state index contributed by atoms with van der Waals surface area (Å²) in [6.07, 6.45) is 3.29. The van der Waals surface area contributed by atoms with Crippen LogP contribution in [-0.2, 0) is 6.54 Å². The minimum absolute atomic E-state index is 0.183. The topological polar surface area (TPSA) is 81.1 Å². The molecule has 2 aromatic heterocycles. The Labute approximate surface area is 178 Å². The maximum atomic E-state index is 13.4. The molecule has 4 rings (SSSR count). The maximum absolute atomic E-state index is 13.4. The van der Waals surface area contributed by atoms with Crippen LogP contribution in [0, 0.1) is 12.7 Å². The molecular formula is C23H20FN5O2. The second-order valence-corrected chi connectivity index (χ2v) is 6.77. The fraction of sp³-hybridized carbons (Fsp3) is 0.0870. The maximum Gasteiger partial charge on any atom is 0.319 e. The van der Waals surface area contributed by atoms with Crippen LogP contribution in [0.1, 0.15) is 11.3 Å². The van der Waals surface area contributed by atoms with E-state index in [4.69, 9.17) is 4.74 Å². The highest BCUT2D eigenvalue weighted by Crippen LogP contribution is 2.23. The fourth-order valence-corrected chi connectivity index (χ4v) is 3.00. The molecule has 7 nitrogen and oxygen atoms in total. The van der Waals surface area contributed by atoms with E-state index in [-0.39, 0.29) is 12.6 Å². The van der Waals surface area contributed by atoms with E-state index in [0.717, 1.165) is 11.4 Å². The quantitative estimate of drug-likeness (QED) is 0.471. The van der Waals surface area contributed by atoms with Crippen LogP contribution in [0.3, 0.4) is 0 Å². The molecule has 0 fully saturated rings. The Morgan fingerprint density at radius 1 is 1.06 bits per heavy atom. The number of nitrogens with zero attached hydrogens (tertiary/aromatic N) is 3. The summed E-state index contributed by atoms with van der Waals surface area (Å²) < 4.78 is 20.9. The monoisotopic (exact) mass is 417 g/mol. The molecule has 31 heavy (non-hydrogen) atoms. The van der Waals surface area contributed by atoms with Crippen LogP contribution in [-0.4, -0.2) is 20.8 Å². The zero-order chi connectivity index (χ0) is 21.6. The first kappa shape index (κ1) is 20.1. The highest BCUT2D eigenvalue weighted by atomic mass is 19.1. The zero-order valence-corrected chi connectivity index (χ0v) is 16.7. The van der Waals surface area contributed by atoms with Gasteiger partial charge in [-0.25, -0.2) is 18.9 Å². The van der Waals surface area contributed by atoms with Crippen molar-refractivity contribution in [2.24, 2.45) is 0 Å². The Balaban J connectivity index is 1.40. The summed E-state index contributed by atoms with van der Waals surface area (Å²) in [7, 11) is 0. The van der Waals surface area contributed by atoms with Crippen LogP contribution in [0.25, 0.3) is 5.69 Å². The predicted octanol–water partition coefficient (Wildman–Crippen LogP) is 4.83. The normalized spacial score (nSPS) is 10.5. The molecule has 0 aliphatic heterocycles. The number of urea groups is 1. The van der Waals surface area contributed by atoms with E-state index in [1.165, 1.54) is 12.1 Å². The van der Waals surface area contributed by atoms with Crippen LogP contribution in [0.15, 0.2) is 79.1 Å². The van der Waals surface area contributed by atoms with Gasteiger partial charge in [-0.05, 0) is 49.4 Å². The number of anilines is 1. The summed E-state index contributed by atoms with van der Waals surface area (Å²) in [5, 5.41) is 9.87. The van der Waals surface area contributed by atoms with E-state index in [9.17, 15) is 9.18 Å². The Kier molecular flexibility index (Phi) is 5.89. The lowest BCUT2D eigenvalue weighted by molar-refractivity contribution is 0.251. The van der Waals surface area contributed by atoms with Crippen LogP contribution in [0.5, 0.6) is 11.6 Å². The van der Waals surface area contributed by atoms with Gasteiger partial charge in [0.05, 0.1) is 5.69 Å². The molecule has 2 N–H and O–H groups in total. The molecule has 2 amide bonds. The lowest BCUT2D eigenvalue weighted by Crippen LogP contribution is -2.28. The number of carbonyl (C=O) groups is 1. The highest BCUT2D eigenvalue weighted by Gasteiger charge is 2.10. The molecule has 0 bridgehead atoms. The van der Waals surface area contributed by atoms with Gasteiger partial charge in [0, 0.05) is 41.9 Å². The van der Waals surface area contributed by atoms with Crippen molar-refractivity contribution in [2.75, 3.05) is 5.32 Å². The second-order valence-electron chi connectivity index (χ2n) is 6.77. The van der Waals surface area contributed by atoms with Gasteiger partial charge in [-0.1, -0.05) is 18.2 Å². The van der Waals surface area contributed by atoms with Crippen LogP contribution >= 0.6 is 0 Å². The molecule has 2 aromatic carbocycles. The van der Waals surface area contributed by atoms with Crippen molar-refractivity contribution in [1.82, 2.24) is 20.1 Å². The van der Waals surface area contributed by atoms with Crippen LogP contribution in [0.2, 0.25) is 0 Å². The summed E-state index contributed by atoms with van der Waals surface area (Å²) >= 11 is 0. The summed E-state index contributed by atoms with van der Waals surface area (Å²) in [5.41, 5.74) is 3.12. The first-order valence-corrected chi connectivity index (χ1v) is 9.62. The Bertz CT molecular complexity index is 1210. The minimum atomic E-state index is -0.403. The van der Waals surface area contributed by atoms with Crippen molar-refractivity contribution in [3.05, 3.63) is 96.2 Å². The molecule has 0 radical (unpaired) electrons. The van der Waals surface area contributed by atoms with Gasteiger partial charge in [0.15, 0.2) is 0 Å². The van der Waals surface area contributed by atoms with E-state index < -0.39 is 5.82 Å². The standard InChI is InChI=1S/C23H20FN5O2/c1-16-10-12-27-29(16)20-8-3-7-19(14-20)28-23(30)26-15-17-5-4-11-25-22(17)31-21-9-2-6-18(24)13-21/h2-14H,15H2,1H3,(H2,26,28,30). The third-order valence-electron chi connectivity index (χ3n) is 4.48. The van der Waals surface area contributed by atoms with Gasteiger partial charge >= 0.3 is 6.03 Å². The van der Waals surface area contributed by atoms with E-state index >= 15 is 0 Å². The summed E-state index contributed by atoms with van der Waals surface area (Å²) in [4.78, 5) is 16.6. The molecule has 0 aliphatic rings. The Morgan fingerprint density at radius 2 is 1.94 bits per heavy atom. The molecule has 8 heteroatoms. The molecule has 0 spiro atoms. The van der Waals surface area contributed by atoms with Crippen molar-refractivity contribution >= 4 is 11.7 Å². The van der Waals surface area contributed by atoms with Gasteiger partial charge in [-0.15, -0.1) is 0 Å². The molecule has 0 saturated carbocycles. The average molecular weight is 417 g/mol. The fourth-order valence-electron chi connectivity index (χ4n) is 3.00. The minimum Gasteiger partial charge on any atom is -0.439 e. The number of pyridine rings is 1. The van der Waals surface area contributed by atoms with Gasteiger partial charge in [0.1, 0.15) is 11.6 Å². The first-order valence-electron chi connectivity index (χ1n) is 9.62. The molecular weight excluding hydrogens is 397 g/mol. The van der Waals surface area contributed by atoms with Crippen molar-refractivity contribution < 1.29 is 13.9 Å². The number of benzene rings is 2. The third-order valence-corrected chi connectivity index (χ3v) is 4.48. The van der Waals surface area contributed by atoms with Crippen molar-refractivity contribution in [2.45, 2.75) is 13.5 Å². The molecule has 4 aromatic rings. The molecule has 0 saturated heterocycles. The highest BCUT2D eigenvalue weighted by molar-refractivity contribution is 5.89. The zero-order valence-electron chi connectivity index (χ0n) is 16.7. The van der Waals surface area contributed by atoms with E-state index in [1.54, 1.807) is 47.4 Å². The number of aromatic nitrogens is 3. The number of carbonyl (C=O) groups excluding carboxylic acids is 1. The van der Waals surface area contributed by atoms with E-state index in [0.29, 0.717) is 22.9 Å².